The van der Waals surface area contributed by atoms with Gasteiger partial charge in [-0.2, -0.15) is 0 Å². The molecule has 3 rings (SSSR count). The predicted molar refractivity (Wildman–Crippen MR) is 94.3 cm³/mol. The fourth-order valence-corrected chi connectivity index (χ4v) is 3.04. The zero-order valence-electron chi connectivity index (χ0n) is 14.0. The number of aryl methyl sites for hydroxylation is 1. The number of ketones is 1. The van der Waals surface area contributed by atoms with Gasteiger partial charge in [-0.25, -0.2) is 0 Å². The van der Waals surface area contributed by atoms with Crippen molar-refractivity contribution < 1.29 is 24.6 Å². The molecule has 0 spiro atoms. The highest BCUT2D eigenvalue weighted by atomic mass is 16.4. The molecule has 0 saturated carbocycles. The lowest BCUT2D eigenvalue weighted by Crippen LogP contribution is -2.34. The van der Waals surface area contributed by atoms with Gasteiger partial charge in [0.15, 0.2) is 0 Å². The summed E-state index contributed by atoms with van der Waals surface area (Å²) in [4.78, 5) is 37.1. The van der Waals surface area contributed by atoms with Gasteiger partial charge in [-0.3, -0.25) is 14.4 Å². The number of carbonyl (C=O) groups is 3. The van der Waals surface area contributed by atoms with Crippen LogP contribution < -0.4 is 0 Å². The predicted octanol–water partition coefficient (Wildman–Crippen LogP) is 2.50. The third-order valence-electron chi connectivity index (χ3n) is 4.29. The minimum Gasteiger partial charge on any atom is -0.507 e. The number of carbonyl (C=O) groups excluding carboxylic acids is 2. The Kier molecular flexibility index (Phi) is 4.58. The molecule has 1 aliphatic rings. The van der Waals surface area contributed by atoms with Crippen molar-refractivity contribution in [3.8, 4) is 0 Å². The van der Waals surface area contributed by atoms with Crippen molar-refractivity contribution in [1.82, 2.24) is 4.90 Å². The van der Waals surface area contributed by atoms with Gasteiger partial charge in [0.05, 0.1) is 11.6 Å². The van der Waals surface area contributed by atoms with Gasteiger partial charge in [-0.05, 0) is 12.5 Å². The number of amides is 1. The summed E-state index contributed by atoms with van der Waals surface area (Å²) in [6.07, 6.45) is 0. The highest BCUT2D eigenvalue weighted by Gasteiger charge is 2.46. The largest absolute Gasteiger partial charge is 0.507 e. The number of rotatable bonds is 4. The molecule has 0 unspecified atom stereocenters. The van der Waals surface area contributed by atoms with Crippen molar-refractivity contribution in [2.75, 3.05) is 6.54 Å². The average molecular weight is 351 g/mol. The minimum absolute atomic E-state index is 0.105. The maximum atomic E-state index is 12.6. The fourth-order valence-electron chi connectivity index (χ4n) is 3.04. The summed E-state index contributed by atoms with van der Waals surface area (Å²) >= 11 is 0. The summed E-state index contributed by atoms with van der Waals surface area (Å²) in [5.41, 5.74) is 1.82. The van der Waals surface area contributed by atoms with E-state index in [0.717, 1.165) is 10.5 Å². The van der Waals surface area contributed by atoms with Gasteiger partial charge in [0, 0.05) is 5.56 Å². The van der Waals surface area contributed by atoms with E-state index < -0.39 is 30.2 Å². The van der Waals surface area contributed by atoms with Gasteiger partial charge >= 0.3 is 5.97 Å². The number of nitrogens with zero attached hydrogens (tertiary/aromatic N) is 1. The first-order chi connectivity index (χ1) is 12.4. The van der Waals surface area contributed by atoms with Crippen LogP contribution in [0.2, 0.25) is 0 Å². The van der Waals surface area contributed by atoms with Crippen molar-refractivity contribution in [3.63, 3.8) is 0 Å². The first-order valence-electron chi connectivity index (χ1n) is 8.02. The fraction of sp³-hybridized carbons (Fsp3) is 0.150. The SMILES string of the molecule is Cc1ccc(C(O)=C2C(=O)C(=O)N(CC(=O)O)[C@@H]2c2ccccc2)cc1. The molecule has 6 heteroatoms. The number of aliphatic hydroxyl groups is 1. The molecule has 1 atom stereocenters. The molecular formula is C20H17NO5. The molecule has 1 amide bonds. The lowest BCUT2D eigenvalue weighted by molar-refractivity contribution is -0.146. The Morgan fingerprint density at radius 3 is 2.19 bits per heavy atom. The highest BCUT2D eigenvalue weighted by molar-refractivity contribution is 6.46. The van der Waals surface area contributed by atoms with Crippen molar-refractivity contribution in [1.29, 1.82) is 0 Å². The molecule has 2 N–H and O–H groups in total. The lowest BCUT2D eigenvalue weighted by Gasteiger charge is -2.23. The Morgan fingerprint density at radius 2 is 1.62 bits per heavy atom. The van der Waals surface area contributed by atoms with Crippen LogP contribution in [-0.4, -0.2) is 39.3 Å². The van der Waals surface area contributed by atoms with E-state index in [1.807, 2.05) is 6.92 Å². The Balaban J connectivity index is 2.18. The number of carboxylic acid groups (broad SMARTS) is 1. The molecule has 2 aromatic carbocycles. The molecule has 0 bridgehead atoms. The number of hydrogen-bond donors (Lipinski definition) is 2. The van der Waals surface area contributed by atoms with Crippen LogP contribution >= 0.6 is 0 Å². The number of aliphatic hydroxyl groups excluding tert-OH is 1. The maximum absolute atomic E-state index is 12.6. The second-order valence-corrected chi connectivity index (χ2v) is 6.10. The monoisotopic (exact) mass is 351 g/mol. The highest BCUT2D eigenvalue weighted by Crippen LogP contribution is 2.39. The molecule has 0 aromatic heterocycles. The van der Waals surface area contributed by atoms with E-state index in [1.165, 1.54) is 0 Å². The Morgan fingerprint density at radius 1 is 1.00 bits per heavy atom. The van der Waals surface area contributed by atoms with Gasteiger partial charge in [-0.1, -0.05) is 60.2 Å². The van der Waals surface area contributed by atoms with E-state index >= 15 is 0 Å². The first kappa shape index (κ1) is 17.4. The van der Waals surface area contributed by atoms with Gasteiger partial charge in [-0.15, -0.1) is 0 Å². The van der Waals surface area contributed by atoms with Crippen LogP contribution in [-0.2, 0) is 14.4 Å². The number of Topliss-reactive ketones (excluding diaryl/α,β-unsaturated/α-hetero) is 1. The Labute approximate surface area is 150 Å². The van der Waals surface area contributed by atoms with E-state index in [9.17, 15) is 19.5 Å². The molecule has 1 heterocycles. The van der Waals surface area contributed by atoms with Crippen LogP contribution in [0.1, 0.15) is 22.7 Å². The molecule has 1 saturated heterocycles. The third kappa shape index (κ3) is 3.09. The smallest absolute Gasteiger partial charge is 0.323 e. The van der Waals surface area contributed by atoms with Gasteiger partial charge < -0.3 is 15.1 Å². The molecule has 1 fully saturated rings. The third-order valence-corrected chi connectivity index (χ3v) is 4.29. The van der Waals surface area contributed by atoms with E-state index in [0.29, 0.717) is 11.1 Å². The normalized spacial score (nSPS) is 19.0. The zero-order valence-corrected chi connectivity index (χ0v) is 14.0. The average Bonchev–Trinajstić information content (AvgIpc) is 2.87. The minimum atomic E-state index is -1.23. The number of hydrogen-bond acceptors (Lipinski definition) is 4. The molecular weight excluding hydrogens is 334 g/mol. The number of aliphatic carboxylic acids is 1. The maximum Gasteiger partial charge on any atom is 0.323 e. The van der Waals surface area contributed by atoms with Crippen LogP contribution in [0.15, 0.2) is 60.2 Å². The molecule has 1 aliphatic heterocycles. The summed E-state index contributed by atoms with van der Waals surface area (Å²) in [6.45, 7) is 1.26. The number of likely N-dealkylation sites (tertiary alicyclic amines) is 1. The molecule has 6 nitrogen and oxygen atoms in total. The van der Waals surface area contributed by atoms with Crippen molar-refractivity contribution in [3.05, 3.63) is 76.9 Å². The molecule has 0 aliphatic carbocycles. The molecule has 26 heavy (non-hydrogen) atoms. The topological polar surface area (TPSA) is 94.9 Å². The zero-order chi connectivity index (χ0) is 18.8. The summed E-state index contributed by atoms with van der Waals surface area (Å²) in [5, 5.41) is 19.8. The van der Waals surface area contributed by atoms with E-state index in [-0.39, 0.29) is 11.3 Å². The van der Waals surface area contributed by atoms with E-state index in [1.54, 1.807) is 54.6 Å². The summed E-state index contributed by atoms with van der Waals surface area (Å²) < 4.78 is 0. The van der Waals surface area contributed by atoms with Crippen molar-refractivity contribution in [2.45, 2.75) is 13.0 Å². The van der Waals surface area contributed by atoms with Gasteiger partial charge in [0.2, 0.25) is 0 Å². The summed E-state index contributed by atoms with van der Waals surface area (Å²) in [7, 11) is 0. The van der Waals surface area contributed by atoms with Crippen molar-refractivity contribution in [2.24, 2.45) is 0 Å². The van der Waals surface area contributed by atoms with Crippen LogP contribution in [0.25, 0.3) is 5.76 Å². The quantitative estimate of drug-likeness (QED) is 0.501. The van der Waals surface area contributed by atoms with Crippen LogP contribution in [0.5, 0.6) is 0 Å². The lowest BCUT2D eigenvalue weighted by atomic mass is 9.95. The van der Waals surface area contributed by atoms with Gasteiger partial charge in [0.1, 0.15) is 12.3 Å². The van der Waals surface area contributed by atoms with Crippen LogP contribution in [0, 0.1) is 6.92 Å². The number of benzene rings is 2. The van der Waals surface area contributed by atoms with Gasteiger partial charge in [0.25, 0.3) is 11.7 Å². The van der Waals surface area contributed by atoms with Crippen molar-refractivity contribution >= 4 is 23.4 Å². The Hall–Kier alpha value is -3.41. The standard InChI is InChI=1S/C20H17NO5/c1-12-7-9-14(10-8-12)18(24)16-17(13-5-3-2-4-6-13)21(11-15(22)23)20(26)19(16)25/h2-10,17,24H,11H2,1H3,(H,22,23)/t17-/m1/s1. The first-order valence-corrected chi connectivity index (χ1v) is 8.02. The molecule has 2 aromatic rings. The van der Waals surface area contributed by atoms with E-state index in [4.69, 9.17) is 5.11 Å². The summed E-state index contributed by atoms with van der Waals surface area (Å²) in [5.74, 6) is -3.37. The molecule has 132 valence electrons. The molecule has 0 radical (unpaired) electrons. The Bertz CT molecular complexity index is 900. The van der Waals surface area contributed by atoms with Crippen LogP contribution in [0.3, 0.4) is 0 Å². The number of carboxylic acids is 1. The second-order valence-electron chi connectivity index (χ2n) is 6.10. The second kappa shape index (κ2) is 6.84. The van der Waals surface area contributed by atoms with Crippen LogP contribution in [0.4, 0.5) is 0 Å². The summed E-state index contributed by atoms with van der Waals surface area (Å²) in [6, 6.07) is 14.5. The van der Waals surface area contributed by atoms with E-state index in [2.05, 4.69) is 0 Å².